The van der Waals surface area contributed by atoms with Crippen molar-refractivity contribution >= 4 is 22.2 Å². The Morgan fingerprint density at radius 3 is 2.46 bits per heavy atom. The molecule has 0 spiro atoms. The third kappa shape index (κ3) is 3.06. The van der Waals surface area contributed by atoms with Crippen molar-refractivity contribution in [3.63, 3.8) is 0 Å². The number of carbonyl (C=O) groups excluding carboxylic acids is 1. The molecule has 1 aromatic carbocycles. The van der Waals surface area contributed by atoms with E-state index < -0.39 is 0 Å². The van der Waals surface area contributed by atoms with Crippen LogP contribution in [0.2, 0.25) is 0 Å². The van der Waals surface area contributed by atoms with Gasteiger partial charge in [0, 0.05) is 12.0 Å². The van der Waals surface area contributed by atoms with Crippen LogP contribution in [0, 0.1) is 0 Å². The minimum atomic E-state index is -0.358. The molecule has 0 saturated heterocycles. The van der Waals surface area contributed by atoms with Gasteiger partial charge in [0.15, 0.2) is 11.5 Å². The minimum Gasteiger partial charge on any atom is -0.493 e. The molecule has 28 heavy (non-hydrogen) atoms. The molecule has 0 fully saturated rings. The van der Waals surface area contributed by atoms with Crippen LogP contribution in [0.1, 0.15) is 39.5 Å². The third-order valence-corrected chi connectivity index (χ3v) is 6.69. The summed E-state index contributed by atoms with van der Waals surface area (Å²) in [6.07, 6.45) is 0.595. The molecule has 0 radical (unpaired) electrons. The Labute approximate surface area is 168 Å². The lowest BCUT2D eigenvalue weighted by Crippen LogP contribution is -3.11. The number of likely N-dealkylation sites (N-methyl/N-ethyl adjacent to an activating group) is 1. The van der Waals surface area contributed by atoms with Crippen LogP contribution in [0.5, 0.6) is 17.2 Å². The number of fused-ring (bicyclic) bond motifs is 3. The number of hydrogen-bond donors (Lipinski definition) is 3. The molecule has 1 aromatic heterocycles. The normalized spacial score (nSPS) is 20.5. The van der Waals surface area contributed by atoms with Crippen molar-refractivity contribution in [1.29, 1.82) is 0 Å². The van der Waals surface area contributed by atoms with Gasteiger partial charge < -0.3 is 29.7 Å². The number of ether oxygens (including phenoxy) is 3. The lowest BCUT2D eigenvalue weighted by molar-refractivity contribution is -0.913. The smallest absolute Gasteiger partial charge is 0.256 e. The van der Waals surface area contributed by atoms with Crippen LogP contribution < -0.4 is 29.7 Å². The van der Waals surface area contributed by atoms with Crippen molar-refractivity contribution in [2.24, 2.45) is 0 Å². The fourth-order valence-electron chi connectivity index (χ4n) is 3.99. The first-order valence-electron chi connectivity index (χ1n) is 9.45. The van der Waals surface area contributed by atoms with E-state index in [4.69, 9.17) is 14.2 Å². The Kier molecular flexibility index (Phi) is 5.07. The van der Waals surface area contributed by atoms with Crippen molar-refractivity contribution < 1.29 is 23.9 Å². The van der Waals surface area contributed by atoms with E-state index in [0.717, 1.165) is 42.2 Å². The quantitative estimate of drug-likeness (QED) is 0.706. The van der Waals surface area contributed by atoms with Gasteiger partial charge in [-0.2, -0.15) is 0 Å². The van der Waals surface area contributed by atoms with Gasteiger partial charge in [0.2, 0.25) is 5.75 Å². The van der Waals surface area contributed by atoms with Crippen LogP contribution in [0.3, 0.4) is 0 Å². The molecule has 150 valence electrons. The Bertz CT molecular complexity index is 886. The summed E-state index contributed by atoms with van der Waals surface area (Å²) in [6.45, 7) is 5.39. The monoisotopic (exact) mass is 404 g/mol. The molecule has 2 atom stereocenters. The summed E-state index contributed by atoms with van der Waals surface area (Å²) in [5.74, 6) is 1.63. The fraction of sp³-hybridized carbons (Fsp3) is 0.450. The maximum atomic E-state index is 12.9. The number of rotatable bonds is 5. The SMILES string of the molecule is CC[NH+]1CCc2c(sc3c2C(=O)N[C@H](c2cc(OC)c(OC)c(OC)c2)N3)C1. The maximum absolute atomic E-state index is 12.9. The summed E-state index contributed by atoms with van der Waals surface area (Å²) >= 11 is 1.71. The summed E-state index contributed by atoms with van der Waals surface area (Å²) in [4.78, 5) is 15.8. The van der Waals surface area contributed by atoms with Crippen molar-refractivity contribution in [2.45, 2.75) is 26.1 Å². The summed E-state index contributed by atoms with van der Waals surface area (Å²) in [5.41, 5.74) is 2.88. The van der Waals surface area contributed by atoms with Crippen molar-refractivity contribution in [3.8, 4) is 17.2 Å². The number of hydrogen-bond acceptors (Lipinski definition) is 6. The van der Waals surface area contributed by atoms with E-state index in [9.17, 15) is 4.79 Å². The number of nitrogens with one attached hydrogen (secondary N) is 3. The molecule has 2 aliphatic rings. The van der Waals surface area contributed by atoms with E-state index in [0.29, 0.717) is 17.2 Å². The molecule has 0 saturated carbocycles. The van der Waals surface area contributed by atoms with Gasteiger partial charge in [-0.25, -0.2) is 0 Å². The first-order chi connectivity index (χ1) is 13.6. The zero-order chi connectivity index (χ0) is 19.8. The predicted molar refractivity (Wildman–Crippen MR) is 108 cm³/mol. The number of benzene rings is 1. The fourth-order valence-corrected chi connectivity index (χ4v) is 5.33. The second-order valence-electron chi connectivity index (χ2n) is 7.00. The van der Waals surface area contributed by atoms with E-state index in [1.54, 1.807) is 37.6 Å². The minimum absolute atomic E-state index is 0.0232. The van der Waals surface area contributed by atoms with Gasteiger partial charge in [-0.15, -0.1) is 11.3 Å². The first kappa shape index (κ1) is 18.9. The second kappa shape index (κ2) is 7.52. The van der Waals surface area contributed by atoms with Crippen LogP contribution in [-0.4, -0.2) is 40.3 Å². The highest BCUT2D eigenvalue weighted by Gasteiger charge is 2.34. The van der Waals surface area contributed by atoms with Gasteiger partial charge >= 0.3 is 0 Å². The molecule has 2 aliphatic heterocycles. The van der Waals surface area contributed by atoms with Crippen LogP contribution in [-0.2, 0) is 13.0 Å². The number of methoxy groups -OCH3 is 3. The van der Waals surface area contributed by atoms with Crippen molar-refractivity contribution in [3.05, 3.63) is 33.7 Å². The number of carbonyl (C=O) groups is 1. The summed E-state index contributed by atoms with van der Waals surface area (Å²) in [6, 6.07) is 3.72. The molecule has 2 aromatic rings. The third-order valence-electron chi connectivity index (χ3n) is 5.53. The molecule has 3 heterocycles. The molecule has 7 nitrogen and oxygen atoms in total. The van der Waals surface area contributed by atoms with Crippen molar-refractivity contribution in [2.75, 3.05) is 39.7 Å². The van der Waals surface area contributed by atoms with Gasteiger partial charge in [0.05, 0.1) is 44.9 Å². The van der Waals surface area contributed by atoms with Crippen LogP contribution >= 0.6 is 11.3 Å². The summed E-state index contributed by atoms with van der Waals surface area (Å²) in [5, 5.41) is 7.54. The average molecular weight is 405 g/mol. The van der Waals surface area contributed by atoms with Crippen LogP contribution in [0.4, 0.5) is 5.00 Å². The number of thiophene rings is 1. The molecule has 8 heteroatoms. The Balaban J connectivity index is 1.69. The van der Waals surface area contributed by atoms with Gasteiger partial charge in [-0.05, 0) is 24.6 Å². The lowest BCUT2D eigenvalue weighted by Gasteiger charge is -2.28. The summed E-state index contributed by atoms with van der Waals surface area (Å²) in [7, 11) is 4.74. The van der Waals surface area contributed by atoms with E-state index >= 15 is 0 Å². The molecule has 0 bridgehead atoms. The Morgan fingerprint density at radius 1 is 1.14 bits per heavy atom. The van der Waals surface area contributed by atoms with E-state index in [2.05, 4.69) is 17.6 Å². The Morgan fingerprint density at radius 2 is 1.86 bits per heavy atom. The summed E-state index contributed by atoms with van der Waals surface area (Å²) < 4.78 is 16.3. The van der Waals surface area contributed by atoms with Gasteiger partial charge in [0.25, 0.3) is 5.91 Å². The van der Waals surface area contributed by atoms with Crippen LogP contribution in [0.15, 0.2) is 12.1 Å². The molecular formula is C20H26N3O4S+. The number of amides is 1. The maximum Gasteiger partial charge on any atom is 0.256 e. The van der Waals surface area contributed by atoms with Gasteiger partial charge in [-0.1, -0.05) is 0 Å². The van der Waals surface area contributed by atoms with Gasteiger partial charge in [0.1, 0.15) is 17.7 Å². The van der Waals surface area contributed by atoms with E-state index in [-0.39, 0.29) is 12.1 Å². The van der Waals surface area contributed by atoms with Crippen LogP contribution in [0.25, 0.3) is 0 Å². The lowest BCUT2D eigenvalue weighted by atomic mass is 10.00. The molecule has 3 N–H and O–H groups in total. The molecule has 0 aliphatic carbocycles. The largest absolute Gasteiger partial charge is 0.493 e. The standard InChI is InChI=1S/C20H25N3O4S/c1-5-23-7-6-12-15(10-23)28-20-16(12)19(24)21-18(22-20)11-8-13(25-2)17(27-4)14(9-11)26-3/h8-9,18,22H,5-7,10H2,1-4H3,(H,21,24)/p+1/t18-/m0/s1. The second-order valence-corrected chi connectivity index (χ2v) is 8.10. The molecular weight excluding hydrogens is 378 g/mol. The van der Waals surface area contributed by atoms with Gasteiger partial charge in [-0.3, -0.25) is 4.79 Å². The average Bonchev–Trinajstić information content (AvgIpc) is 3.10. The zero-order valence-electron chi connectivity index (χ0n) is 16.6. The molecule has 1 amide bonds. The van der Waals surface area contributed by atoms with Crippen molar-refractivity contribution in [1.82, 2.24) is 5.32 Å². The molecule has 1 unspecified atom stereocenters. The molecule has 4 rings (SSSR count). The number of quaternary nitrogens is 1. The highest BCUT2D eigenvalue weighted by molar-refractivity contribution is 7.16. The Hall–Kier alpha value is -2.45. The zero-order valence-corrected chi connectivity index (χ0v) is 17.4. The highest BCUT2D eigenvalue weighted by Crippen LogP contribution is 2.43. The number of anilines is 1. The predicted octanol–water partition coefficient (Wildman–Crippen LogP) is 1.59. The highest BCUT2D eigenvalue weighted by atomic mass is 32.1. The van der Waals surface area contributed by atoms with E-state index in [1.807, 2.05) is 12.1 Å². The topological polar surface area (TPSA) is 73.3 Å². The first-order valence-corrected chi connectivity index (χ1v) is 10.3. The van der Waals surface area contributed by atoms with E-state index in [1.165, 1.54) is 10.4 Å².